The highest BCUT2D eigenvalue weighted by atomic mass is 16.7. The molecule has 0 atom stereocenters. The highest BCUT2D eigenvalue weighted by Crippen LogP contribution is 2.24. The van der Waals surface area contributed by atoms with Gasteiger partial charge in [0, 0.05) is 12.8 Å². The normalized spacial score (nSPS) is 21.5. The smallest absolute Gasteiger partial charge is 0.165 e. The van der Waals surface area contributed by atoms with E-state index in [1.54, 1.807) is 0 Å². The van der Waals surface area contributed by atoms with Gasteiger partial charge in [-0.05, 0) is 13.3 Å². The van der Waals surface area contributed by atoms with E-state index in [-0.39, 0.29) is 5.79 Å². The van der Waals surface area contributed by atoms with E-state index in [1.165, 1.54) is 0 Å². The van der Waals surface area contributed by atoms with Crippen LogP contribution in [0.25, 0.3) is 0 Å². The van der Waals surface area contributed by atoms with Crippen LogP contribution >= 0.6 is 0 Å². The number of rotatable bonds is 3. The van der Waals surface area contributed by atoms with E-state index in [1.807, 2.05) is 6.92 Å². The molecule has 0 aromatic rings. The predicted octanol–water partition coefficient (Wildman–Crippen LogP) is 1.55. The van der Waals surface area contributed by atoms with Crippen LogP contribution in [0.5, 0.6) is 0 Å². The molecule has 0 bridgehead atoms. The molecule has 62 valence electrons. The van der Waals surface area contributed by atoms with Crippen LogP contribution in [0.1, 0.15) is 26.2 Å². The first-order valence-electron chi connectivity index (χ1n) is 3.98. The van der Waals surface area contributed by atoms with Crippen molar-refractivity contribution in [3.63, 3.8) is 0 Å². The number of ether oxygens (including phenoxy) is 2. The summed E-state index contributed by atoms with van der Waals surface area (Å²) in [5, 5.41) is 0. The van der Waals surface area contributed by atoms with Crippen molar-refractivity contribution in [1.82, 2.24) is 0 Å². The van der Waals surface area contributed by atoms with Crippen molar-refractivity contribution in [3.05, 3.63) is 0 Å². The Hall–Kier alpha value is -0.520. The fraction of sp³-hybridized carbons (Fsp3) is 0.778. The average molecular weight is 154 g/mol. The van der Waals surface area contributed by atoms with Crippen molar-refractivity contribution in [2.24, 2.45) is 0 Å². The van der Waals surface area contributed by atoms with Gasteiger partial charge in [-0.1, -0.05) is 0 Å². The Morgan fingerprint density at radius 3 is 2.64 bits per heavy atom. The average Bonchev–Trinajstić information content (AvgIpc) is 2.38. The van der Waals surface area contributed by atoms with Crippen LogP contribution in [0, 0.1) is 12.3 Å². The Morgan fingerprint density at radius 1 is 1.45 bits per heavy atom. The summed E-state index contributed by atoms with van der Waals surface area (Å²) < 4.78 is 10.8. The Morgan fingerprint density at radius 2 is 2.09 bits per heavy atom. The van der Waals surface area contributed by atoms with Crippen LogP contribution in [0.2, 0.25) is 0 Å². The van der Waals surface area contributed by atoms with Gasteiger partial charge in [0.05, 0.1) is 13.2 Å². The largest absolute Gasteiger partial charge is 0.348 e. The summed E-state index contributed by atoms with van der Waals surface area (Å²) in [6, 6.07) is 0. The van der Waals surface area contributed by atoms with Crippen molar-refractivity contribution in [2.45, 2.75) is 32.0 Å². The van der Waals surface area contributed by atoms with Gasteiger partial charge in [0.15, 0.2) is 5.79 Å². The van der Waals surface area contributed by atoms with Gasteiger partial charge >= 0.3 is 0 Å². The standard InChI is InChI=1S/C9H14O2/c1-3-4-5-6-9(2)10-7-8-11-9/h1H,4-8H2,2H3. The summed E-state index contributed by atoms with van der Waals surface area (Å²) in [7, 11) is 0. The van der Waals surface area contributed by atoms with Gasteiger partial charge in [-0.25, -0.2) is 0 Å². The van der Waals surface area contributed by atoms with Crippen molar-refractivity contribution in [2.75, 3.05) is 13.2 Å². The molecule has 11 heavy (non-hydrogen) atoms. The molecule has 1 aliphatic heterocycles. The van der Waals surface area contributed by atoms with Crippen molar-refractivity contribution in [1.29, 1.82) is 0 Å². The van der Waals surface area contributed by atoms with Gasteiger partial charge in [-0.2, -0.15) is 0 Å². The first-order valence-corrected chi connectivity index (χ1v) is 3.98. The van der Waals surface area contributed by atoms with Crippen molar-refractivity contribution < 1.29 is 9.47 Å². The molecule has 0 aliphatic carbocycles. The molecular weight excluding hydrogens is 140 g/mol. The van der Waals surface area contributed by atoms with E-state index < -0.39 is 0 Å². The third-order valence-electron chi connectivity index (χ3n) is 1.85. The lowest BCUT2D eigenvalue weighted by Gasteiger charge is -2.21. The highest BCUT2D eigenvalue weighted by Gasteiger charge is 2.29. The summed E-state index contributed by atoms with van der Waals surface area (Å²) >= 11 is 0. The topological polar surface area (TPSA) is 18.5 Å². The van der Waals surface area contributed by atoms with E-state index in [4.69, 9.17) is 15.9 Å². The quantitative estimate of drug-likeness (QED) is 0.453. The summed E-state index contributed by atoms with van der Waals surface area (Å²) in [5.41, 5.74) is 0. The molecule has 0 unspecified atom stereocenters. The van der Waals surface area contributed by atoms with Crippen molar-refractivity contribution in [3.8, 4) is 12.3 Å². The lowest BCUT2D eigenvalue weighted by molar-refractivity contribution is -0.147. The molecule has 1 saturated heterocycles. The third kappa shape index (κ3) is 2.53. The van der Waals surface area contributed by atoms with Gasteiger partial charge in [0.1, 0.15) is 0 Å². The van der Waals surface area contributed by atoms with Crippen LogP contribution < -0.4 is 0 Å². The Kier molecular flexibility index (Phi) is 2.92. The first kappa shape index (κ1) is 8.58. The van der Waals surface area contributed by atoms with Gasteiger partial charge in [-0.3, -0.25) is 0 Å². The van der Waals surface area contributed by atoms with Crippen LogP contribution in [-0.4, -0.2) is 19.0 Å². The fourth-order valence-corrected chi connectivity index (χ4v) is 1.21. The maximum atomic E-state index is 5.40. The minimum atomic E-state index is -0.350. The summed E-state index contributed by atoms with van der Waals surface area (Å²) in [4.78, 5) is 0. The van der Waals surface area contributed by atoms with E-state index >= 15 is 0 Å². The Labute approximate surface area is 67.9 Å². The minimum Gasteiger partial charge on any atom is -0.348 e. The molecule has 2 heteroatoms. The van der Waals surface area contributed by atoms with Gasteiger partial charge in [-0.15, -0.1) is 12.3 Å². The van der Waals surface area contributed by atoms with E-state index in [2.05, 4.69) is 5.92 Å². The maximum Gasteiger partial charge on any atom is 0.165 e. The number of hydrogen-bond donors (Lipinski definition) is 0. The lowest BCUT2D eigenvalue weighted by atomic mass is 10.1. The third-order valence-corrected chi connectivity index (χ3v) is 1.85. The summed E-state index contributed by atoms with van der Waals surface area (Å²) in [5.74, 6) is 2.25. The number of terminal acetylenes is 1. The SMILES string of the molecule is C#CCCCC1(C)OCCO1. The molecule has 1 rings (SSSR count). The van der Waals surface area contributed by atoms with E-state index in [0.29, 0.717) is 13.2 Å². The van der Waals surface area contributed by atoms with Crippen LogP contribution in [-0.2, 0) is 9.47 Å². The molecule has 0 saturated carbocycles. The fourth-order valence-electron chi connectivity index (χ4n) is 1.21. The minimum absolute atomic E-state index is 0.350. The summed E-state index contributed by atoms with van der Waals surface area (Å²) in [6.45, 7) is 3.40. The molecule has 0 N–H and O–H groups in total. The first-order chi connectivity index (χ1) is 5.27. The molecule has 0 spiro atoms. The zero-order chi connectivity index (χ0) is 8.16. The molecule has 1 fully saturated rings. The number of unbranched alkanes of at least 4 members (excludes halogenated alkanes) is 1. The van der Waals surface area contributed by atoms with Gasteiger partial charge in [0.2, 0.25) is 0 Å². The molecule has 0 aromatic carbocycles. The highest BCUT2D eigenvalue weighted by molar-refractivity contribution is 4.84. The maximum absolute atomic E-state index is 5.40. The lowest BCUT2D eigenvalue weighted by Crippen LogP contribution is -2.24. The molecule has 2 nitrogen and oxygen atoms in total. The number of hydrogen-bond acceptors (Lipinski definition) is 2. The summed E-state index contributed by atoms with van der Waals surface area (Å²) in [6.07, 6.45) is 7.81. The monoisotopic (exact) mass is 154 g/mol. The second kappa shape index (κ2) is 3.75. The van der Waals surface area contributed by atoms with Gasteiger partial charge in [0.25, 0.3) is 0 Å². The van der Waals surface area contributed by atoms with E-state index in [0.717, 1.165) is 19.3 Å². The Balaban J connectivity index is 2.19. The Bertz CT molecular complexity index is 151. The molecule has 0 amide bonds. The van der Waals surface area contributed by atoms with E-state index in [9.17, 15) is 0 Å². The second-order valence-electron chi connectivity index (χ2n) is 2.89. The molecule has 0 radical (unpaired) electrons. The molecule has 1 heterocycles. The second-order valence-corrected chi connectivity index (χ2v) is 2.89. The van der Waals surface area contributed by atoms with Crippen molar-refractivity contribution >= 4 is 0 Å². The molecular formula is C9H14O2. The molecule has 1 aliphatic rings. The van der Waals surface area contributed by atoms with Crippen LogP contribution in [0.4, 0.5) is 0 Å². The molecule has 0 aromatic heterocycles. The zero-order valence-electron chi connectivity index (χ0n) is 6.93. The predicted molar refractivity (Wildman–Crippen MR) is 43.0 cm³/mol. The van der Waals surface area contributed by atoms with Crippen LogP contribution in [0.15, 0.2) is 0 Å². The zero-order valence-corrected chi connectivity index (χ0v) is 6.93. The van der Waals surface area contributed by atoms with Gasteiger partial charge < -0.3 is 9.47 Å². The van der Waals surface area contributed by atoms with Crippen LogP contribution in [0.3, 0.4) is 0 Å².